The second-order valence-electron chi connectivity index (χ2n) is 10.2. The highest BCUT2D eigenvalue weighted by atomic mass is 79.9. The second kappa shape index (κ2) is 13.0. The molecule has 2 fully saturated rings. The van der Waals surface area contributed by atoms with Crippen LogP contribution in [-0.4, -0.2) is 42.6 Å². The Balaban J connectivity index is 1.32. The molecule has 1 amide bonds. The fourth-order valence-electron chi connectivity index (χ4n) is 5.31. The minimum atomic E-state index is 0.209. The molecule has 1 saturated heterocycles. The van der Waals surface area contributed by atoms with Crippen molar-refractivity contribution in [2.45, 2.75) is 97.1 Å². The molecule has 4 nitrogen and oxygen atoms in total. The lowest BCUT2D eigenvalue weighted by Gasteiger charge is -2.33. The first-order valence-corrected chi connectivity index (χ1v) is 13.7. The predicted molar refractivity (Wildman–Crippen MR) is 136 cm³/mol. The van der Waals surface area contributed by atoms with Gasteiger partial charge in [0.05, 0.1) is 6.10 Å². The van der Waals surface area contributed by atoms with E-state index in [4.69, 9.17) is 4.74 Å². The van der Waals surface area contributed by atoms with Crippen molar-refractivity contribution in [3.8, 4) is 5.75 Å². The van der Waals surface area contributed by atoms with Crippen molar-refractivity contribution in [3.63, 3.8) is 0 Å². The third kappa shape index (κ3) is 8.37. The predicted octanol–water partition coefficient (Wildman–Crippen LogP) is 6.36. The van der Waals surface area contributed by atoms with Gasteiger partial charge in [-0.15, -0.1) is 0 Å². The number of benzene rings is 1. The number of hydrogen-bond acceptors (Lipinski definition) is 3. The standard InChI is InChI=1S/C27H43BrN2O2/c1-4-27(31)29-24-9-7-21(8-10-24)6-5-15-30-16-13-22(14-17-30)18-23-19-25(32-20(2)3)11-12-26(23)28/h11-12,19-22,24H,4-10,13-18H2,1-3H3,(H,29,31)/t21-,24-. The highest BCUT2D eigenvalue weighted by Gasteiger charge is 2.23. The van der Waals surface area contributed by atoms with Crippen LogP contribution in [0.15, 0.2) is 22.7 Å². The lowest BCUT2D eigenvalue weighted by molar-refractivity contribution is -0.121. The Morgan fingerprint density at radius 2 is 1.84 bits per heavy atom. The van der Waals surface area contributed by atoms with Crippen molar-refractivity contribution >= 4 is 21.8 Å². The summed E-state index contributed by atoms with van der Waals surface area (Å²) >= 11 is 3.74. The lowest BCUT2D eigenvalue weighted by Crippen LogP contribution is -2.37. The summed E-state index contributed by atoms with van der Waals surface area (Å²) in [5.74, 6) is 2.82. The van der Waals surface area contributed by atoms with Crippen molar-refractivity contribution < 1.29 is 9.53 Å². The van der Waals surface area contributed by atoms with Crippen LogP contribution in [0.3, 0.4) is 0 Å². The largest absolute Gasteiger partial charge is 0.491 e. The van der Waals surface area contributed by atoms with Crippen LogP contribution in [0.2, 0.25) is 0 Å². The molecule has 0 atom stereocenters. The minimum Gasteiger partial charge on any atom is -0.491 e. The Labute approximate surface area is 204 Å². The van der Waals surface area contributed by atoms with Gasteiger partial charge >= 0.3 is 0 Å². The lowest BCUT2D eigenvalue weighted by atomic mass is 9.83. The number of halogens is 1. The van der Waals surface area contributed by atoms with E-state index in [-0.39, 0.29) is 12.0 Å². The van der Waals surface area contributed by atoms with Crippen molar-refractivity contribution in [2.75, 3.05) is 19.6 Å². The van der Waals surface area contributed by atoms with Crippen LogP contribution in [0.1, 0.15) is 84.1 Å². The van der Waals surface area contributed by atoms with E-state index in [0.717, 1.165) is 24.0 Å². The Bertz CT molecular complexity index is 708. The molecular weight excluding hydrogens is 464 g/mol. The molecule has 1 N–H and O–H groups in total. The number of nitrogens with one attached hydrogen (secondary N) is 1. The van der Waals surface area contributed by atoms with Crippen LogP contribution >= 0.6 is 15.9 Å². The Morgan fingerprint density at radius 3 is 2.50 bits per heavy atom. The first kappa shape index (κ1) is 25.6. The summed E-state index contributed by atoms with van der Waals surface area (Å²) in [6, 6.07) is 6.84. The SMILES string of the molecule is CCC(=O)N[C@H]1CC[C@H](CCCN2CCC(Cc3cc(OC(C)C)ccc3Br)CC2)CC1. The number of amides is 1. The van der Waals surface area contributed by atoms with Gasteiger partial charge in [-0.3, -0.25) is 4.79 Å². The summed E-state index contributed by atoms with van der Waals surface area (Å²) in [5, 5.41) is 3.18. The van der Waals surface area contributed by atoms with Crippen LogP contribution in [0.25, 0.3) is 0 Å². The van der Waals surface area contributed by atoms with Gasteiger partial charge in [0.15, 0.2) is 0 Å². The number of likely N-dealkylation sites (tertiary alicyclic amines) is 1. The van der Waals surface area contributed by atoms with Crippen molar-refractivity contribution in [1.82, 2.24) is 10.2 Å². The van der Waals surface area contributed by atoms with Crippen LogP contribution in [0.5, 0.6) is 5.75 Å². The molecule has 3 rings (SSSR count). The number of ether oxygens (including phenoxy) is 1. The van der Waals surface area contributed by atoms with E-state index < -0.39 is 0 Å². The summed E-state index contributed by atoms with van der Waals surface area (Å²) in [7, 11) is 0. The van der Waals surface area contributed by atoms with Gasteiger partial charge in [-0.05, 0) is 127 Å². The first-order chi connectivity index (χ1) is 15.4. The monoisotopic (exact) mass is 506 g/mol. The van der Waals surface area contributed by atoms with E-state index in [1.54, 1.807) is 0 Å². The molecule has 2 aliphatic rings. The third-order valence-electron chi connectivity index (χ3n) is 7.22. The highest BCUT2D eigenvalue weighted by molar-refractivity contribution is 9.10. The molecule has 1 aliphatic heterocycles. The van der Waals surface area contributed by atoms with Gasteiger partial charge in [0.2, 0.25) is 5.91 Å². The van der Waals surface area contributed by atoms with E-state index in [0.29, 0.717) is 12.5 Å². The number of carbonyl (C=O) groups excluding carboxylic acids is 1. The van der Waals surface area contributed by atoms with Gasteiger partial charge in [-0.25, -0.2) is 0 Å². The topological polar surface area (TPSA) is 41.6 Å². The molecule has 0 bridgehead atoms. The Kier molecular flexibility index (Phi) is 10.4. The van der Waals surface area contributed by atoms with E-state index in [1.165, 1.54) is 81.0 Å². The van der Waals surface area contributed by atoms with Gasteiger partial charge in [0.25, 0.3) is 0 Å². The summed E-state index contributed by atoms with van der Waals surface area (Å²) in [5.41, 5.74) is 1.38. The zero-order chi connectivity index (χ0) is 22.9. The number of hydrogen-bond donors (Lipinski definition) is 1. The maximum absolute atomic E-state index is 11.6. The molecule has 1 aliphatic carbocycles. The number of piperidine rings is 1. The van der Waals surface area contributed by atoms with E-state index >= 15 is 0 Å². The molecule has 0 spiro atoms. The van der Waals surface area contributed by atoms with Crippen LogP contribution < -0.4 is 10.1 Å². The molecule has 0 aromatic heterocycles. The highest BCUT2D eigenvalue weighted by Crippen LogP contribution is 2.30. The van der Waals surface area contributed by atoms with Gasteiger partial charge in [0, 0.05) is 16.9 Å². The molecule has 0 radical (unpaired) electrons. The zero-order valence-electron chi connectivity index (χ0n) is 20.4. The van der Waals surface area contributed by atoms with Gasteiger partial charge < -0.3 is 15.0 Å². The number of carbonyl (C=O) groups is 1. The molecule has 1 aromatic rings. The van der Waals surface area contributed by atoms with Crippen molar-refractivity contribution in [3.05, 3.63) is 28.2 Å². The average Bonchev–Trinajstić information content (AvgIpc) is 2.78. The Hall–Kier alpha value is -1.07. The van der Waals surface area contributed by atoms with Gasteiger partial charge in [-0.1, -0.05) is 22.9 Å². The van der Waals surface area contributed by atoms with E-state index in [2.05, 4.69) is 58.2 Å². The molecular formula is C27H43BrN2O2. The quantitative estimate of drug-likeness (QED) is 0.401. The van der Waals surface area contributed by atoms with Gasteiger partial charge in [-0.2, -0.15) is 0 Å². The molecule has 5 heteroatoms. The average molecular weight is 508 g/mol. The van der Waals surface area contributed by atoms with E-state index in [9.17, 15) is 4.79 Å². The molecule has 1 heterocycles. The minimum absolute atomic E-state index is 0.209. The zero-order valence-corrected chi connectivity index (χ0v) is 22.0. The van der Waals surface area contributed by atoms with Gasteiger partial charge in [0.1, 0.15) is 5.75 Å². The fraction of sp³-hybridized carbons (Fsp3) is 0.741. The van der Waals surface area contributed by atoms with Crippen LogP contribution in [0.4, 0.5) is 0 Å². The number of rotatable bonds is 10. The molecule has 1 saturated carbocycles. The first-order valence-electron chi connectivity index (χ1n) is 12.9. The third-order valence-corrected chi connectivity index (χ3v) is 8.00. The molecule has 0 unspecified atom stereocenters. The van der Waals surface area contributed by atoms with Crippen LogP contribution in [0, 0.1) is 11.8 Å². The van der Waals surface area contributed by atoms with Crippen molar-refractivity contribution in [2.24, 2.45) is 11.8 Å². The van der Waals surface area contributed by atoms with Crippen molar-refractivity contribution in [1.29, 1.82) is 0 Å². The normalized spacial score (nSPS) is 22.8. The maximum atomic E-state index is 11.6. The smallest absolute Gasteiger partial charge is 0.219 e. The summed E-state index contributed by atoms with van der Waals surface area (Å²) in [6.07, 6.45) is 12.1. The fourth-order valence-corrected chi connectivity index (χ4v) is 5.72. The number of nitrogens with zero attached hydrogens (tertiary/aromatic N) is 1. The molecule has 1 aromatic carbocycles. The summed E-state index contributed by atoms with van der Waals surface area (Å²) in [6.45, 7) is 9.81. The summed E-state index contributed by atoms with van der Waals surface area (Å²) in [4.78, 5) is 14.3. The Morgan fingerprint density at radius 1 is 1.12 bits per heavy atom. The second-order valence-corrected chi connectivity index (χ2v) is 11.0. The van der Waals surface area contributed by atoms with Crippen LogP contribution in [-0.2, 0) is 11.2 Å². The molecule has 180 valence electrons. The van der Waals surface area contributed by atoms with E-state index in [1.807, 2.05) is 6.92 Å². The summed E-state index contributed by atoms with van der Waals surface area (Å²) < 4.78 is 7.10. The molecule has 32 heavy (non-hydrogen) atoms. The maximum Gasteiger partial charge on any atom is 0.219 e.